The van der Waals surface area contributed by atoms with Crippen molar-refractivity contribution in [1.29, 1.82) is 0 Å². The van der Waals surface area contributed by atoms with Crippen molar-refractivity contribution in [3.05, 3.63) is 106 Å². The van der Waals surface area contributed by atoms with Crippen LogP contribution in [0, 0.1) is 0 Å². The number of benzene rings is 3. The second-order valence-electron chi connectivity index (χ2n) is 10.2. The van der Waals surface area contributed by atoms with Crippen LogP contribution >= 0.6 is 11.6 Å². The van der Waals surface area contributed by atoms with Gasteiger partial charge in [-0.3, -0.25) is 4.79 Å². The van der Waals surface area contributed by atoms with Gasteiger partial charge >= 0.3 is 5.97 Å². The van der Waals surface area contributed by atoms with Gasteiger partial charge < -0.3 is 14.9 Å². The molecule has 6 heteroatoms. The Morgan fingerprint density at radius 3 is 2.79 bits per heavy atom. The molecule has 1 N–H and O–H groups in total. The molecular formula is C32H30ClN3O2. The Morgan fingerprint density at radius 1 is 1.03 bits per heavy atom. The van der Waals surface area contributed by atoms with Gasteiger partial charge in [0, 0.05) is 47.7 Å². The summed E-state index contributed by atoms with van der Waals surface area (Å²) in [5.41, 5.74) is 6.90. The molecule has 38 heavy (non-hydrogen) atoms. The zero-order valence-corrected chi connectivity index (χ0v) is 21.9. The summed E-state index contributed by atoms with van der Waals surface area (Å²) in [6.45, 7) is 3.27. The molecule has 0 aliphatic carbocycles. The van der Waals surface area contributed by atoms with Crippen molar-refractivity contribution in [2.24, 2.45) is 0 Å². The third kappa shape index (κ3) is 5.17. The molecule has 1 aromatic heterocycles. The molecule has 4 aromatic rings. The molecule has 2 aliphatic rings. The second kappa shape index (κ2) is 10.6. The van der Waals surface area contributed by atoms with E-state index in [1.807, 2.05) is 30.3 Å². The molecule has 0 bridgehead atoms. The summed E-state index contributed by atoms with van der Waals surface area (Å²) in [4.78, 5) is 20.7. The van der Waals surface area contributed by atoms with Crippen LogP contribution in [0.5, 0.6) is 0 Å². The average Bonchev–Trinajstić information content (AvgIpc) is 3.23. The first kappa shape index (κ1) is 24.7. The molecule has 2 atom stereocenters. The van der Waals surface area contributed by atoms with Gasteiger partial charge in [0.1, 0.15) is 0 Å². The lowest BCUT2D eigenvalue weighted by atomic mass is 9.88. The van der Waals surface area contributed by atoms with Crippen LogP contribution in [-0.2, 0) is 11.3 Å². The SMILES string of the molecule is O=C(O)CCN1CCC2c3ccccc3N(Cc3cccc(/C=C/c4ccc5ccc(Cl)cc5n4)c3)C2C1. The maximum Gasteiger partial charge on any atom is 0.304 e. The van der Waals surface area contributed by atoms with Gasteiger partial charge in [-0.25, -0.2) is 4.98 Å². The molecule has 0 spiro atoms. The molecule has 3 aromatic carbocycles. The molecule has 3 heterocycles. The van der Waals surface area contributed by atoms with E-state index in [9.17, 15) is 4.79 Å². The number of carboxylic acid groups (broad SMARTS) is 1. The first-order chi connectivity index (χ1) is 18.5. The maximum atomic E-state index is 11.1. The Labute approximate surface area is 228 Å². The number of para-hydroxylation sites is 1. The highest BCUT2D eigenvalue weighted by molar-refractivity contribution is 6.31. The number of hydrogen-bond acceptors (Lipinski definition) is 4. The fraction of sp³-hybridized carbons (Fsp3) is 0.250. The number of hydrogen-bond donors (Lipinski definition) is 1. The first-order valence-corrected chi connectivity index (χ1v) is 13.5. The smallest absolute Gasteiger partial charge is 0.304 e. The Balaban J connectivity index is 1.22. The van der Waals surface area contributed by atoms with Crippen LogP contribution in [0.3, 0.4) is 0 Å². The predicted octanol–water partition coefficient (Wildman–Crippen LogP) is 6.71. The van der Waals surface area contributed by atoms with E-state index in [-0.39, 0.29) is 6.42 Å². The van der Waals surface area contributed by atoms with Crippen LogP contribution in [0.1, 0.15) is 41.1 Å². The van der Waals surface area contributed by atoms with E-state index in [0.717, 1.165) is 48.2 Å². The Morgan fingerprint density at radius 2 is 1.89 bits per heavy atom. The number of carboxylic acids is 1. The third-order valence-corrected chi connectivity index (χ3v) is 8.02. The van der Waals surface area contributed by atoms with Crippen molar-refractivity contribution in [2.75, 3.05) is 24.5 Å². The van der Waals surface area contributed by atoms with Gasteiger partial charge in [-0.15, -0.1) is 0 Å². The molecule has 2 aliphatic heterocycles. The first-order valence-electron chi connectivity index (χ1n) is 13.2. The van der Waals surface area contributed by atoms with Gasteiger partial charge in [0.2, 0.25) is 0 Å². The fourth-order valence-corrected chi connectivity index (χ4v) is 6.11. The molecule has 0 saturated carbocycles. The number of aliphatic carboxylic acids is 1. The predicted molar refractivity (Wildman–Crippen MR) is 155 cm³/mol. The van der Waals surface area contributed by atoms with E-state index in [1.54, 1.807) is 0 Å². The van der Waals surface area contributed by atoms with Crippen molar-refractivity contribution in [3.8, 4) is 0 Å². The van der Waals surface area contributed by atoms with Crippen molar-refractivity contribution >= 4 is 46.3 Å². The minimum atomic E-state index is -0.730. The zero-order valence-electron chi connectivity index (χ0n) is 21.1. The number of anilines is 1. The lowest BCUT2D eigenvalue weighted by Gasteiger charge is -2.39. The number of pyridine rings is 1. The summed E-state index contributed by atoms with van der Waals surface area (Å²) in [6, 6.07) is 27.6. The number of fused-ring (bicyclic) bond motifs is 4. The standard InChI is InChI=1S/C32H30ClN3O2/c33-25-11-9-24-10-13-26(34-29(24)19-25)12-8-22-4-3-5-23(18-22)20-36-30-7-2-1-6-27(30)28-14-16-35(21-31(28)36)17-15-32(37)38/h1-13,18-19,28,31H,14-17,20-21H2,(H,37,38)/b12-8+. The lowest BCUT2D eigenvalue weighted by Crippen LogP contribution is -2.48. The molecule has 192 valence electrons. The zero-order chi connectivity index (χ0) is 26.1. The number of halogens is 1. The highest BCUT2D eigenvalue weighted by Gasteiger charge is 2.41. The molecule has 1 fully saturated rings. The van der Waals surface area contributed by atoms with Crippen LogP contribution in [0.25, 0.3) is 23.1 Å². The van der Waals surface area contributed by atoms with Gasteiger partial charge in [-0.05, 0) is 66.1 Å². The molecule has 2 unspecified atom stereocenters. The molecule has 0 radical (unpaired) electrons. The number of aromatic nitrogens is 1. The summed E-state index contributed by atoms with van der Waals surface area (Å²) in [7, 11) is 0. The van der Waals surface area contributed by atoms with E-state index >= 15 is 0 Å². The molecule has 0 amide bonds. The van der Waals surface area contributed by atoms with E-state index in [4.69, 9.17) is 21.7 Å². The molecule has 5 nitrogen and oxygen atoms in total. The van der Waals surface area contributed by atoms with Crippen LogP contribution < -0.4 is 4.90 Å². The number of nitrogens with zero attached hydrogens (tertiary/aromatic N) is 3. The van der Waals surface area contributed by atoms with Crippen molar-refractivity contribution in [3.63, 3.8) is 0 Å². The summed E-state index contributed by atoms with van der Waals surface area (Å²) < 4.78 is 0. The quantitative estimate of drug-likeness (QED) is 0.292. The molecule has 6 rings (SSSR count). The Bertz CT molecular complexity index is 1520. The topological polar surface area (TPSA) is 56.7 Å². The van der Waals surface area contributed by atoms with E-state index in [1.165, 1.54) is 16.8 Å². The number of rotatable bonds is 7. The third-order valence-electron chi connectivity index (χ3n) is 7.78. The number of likely N-dealkylation sites (tertiary alicyclic amines) is 1. The van der Waals surface area contributed by atoms with Gasteiger partial charge in [-0.2, -0.15) is 0 Å². The summed E-state index contributed by atoms with van der Waals surface area (Å²) in [5.74, 6) is -0.242. The Kier molecular flexibility index (Phi) is 6.88. The number of piperidine rings is 1. The highest BCUT2D eigenvalue weighted by atomic mass is 35.5. The largest absolute Gasteiger partial charge is 0.481 e. The monoisotopic (exact) mass is 523 g/mol. The van der Waals surface area contributed by atoms with E-state index in [2.05, 4.69) is 70.5 Å². The highest BCUT2D eigenvalue weighted by Crippen LogP contribution is 2.45. The van der Waals surface area contributed by atoms with Crippen LogP contribution in [0.2, 0.25) is 5.02 Å². The molecular weight excluding hydrogens is 494 g/mol. The van der Waals surface area contributed by atoms with Crippen molar-refractivity contribution in [1.82, 2.24) is 9.88 Å². The molecule has 1 saturated heterocycles. The normalized spacial score (nSPS) is 19.1. The van der Waals surface area contributed by atoms with Gasteiger partial charge in [0.25, 0.3) is 0 Å². The fourth-order valence-electron chi connectivity index (χ4n) is 5.95. The van der Waals surface area contributed by atoms with E-state index < -0.39 is 5.97 Å². The van der Waals surface area contributed by atoms with Gasteiger partial charge in [-0.1, -0.05) is 66.2 Å². The average molecular weight is 524 g/mol. The van der Waals surface area contributed by atoms with Crippen LogP contribution in [0.4, 0.5) is 5.69 Å². The number of carbonyl (C=O) groups is 1. The minimum Gasteiger partial charge on any atom is -0.481 e. The Hall–Kier alpha value is -3.67. The minimum absolute atomic E-state index is 0.192. The van der Waals surface area contributed by atoms with Crippen molar-refractivity contribution < 1.29 is 9.90 Å². The summed E-state index contributed by atoms with van der Waals surface area (Å²) in [5, 5.41) is 10.9. The van der Waals surface area contributed by atoms with Gasteiger partial charge in [0.15, 0.2) is 0 Å². The van der Waals surface area contributed by atoms with E-state index in [0.29, 0.717) is 23.5 Å². The van der Waals surface area contributed by atoms with Crippen LogP contribution in [-0.4, -0.2) is 46.6 Å². The maximum absolute atomic E-state index is 11.1. The summed E-state index contributed by atoms with van der Waals surface area (Å²) >= 11 is 6.15. The lowest BCUT2D eigenvalue weighted by molar-refractivity contribution is -0.137. The van der Waals surface area contributed by atoms with Gasteiger partial charge in [0.05, 0.1) is 17.6 Å². The second-order valence-corrected chi connectivity index (χ2v) is 10.7. The summed E-state index contributed by atoms with van der Waals surface area (Å²) in [6.07, 6.45) is 5.40. The van der Waals surface area contributed by atoms with Crippen LogP contribution in [0.15, 0.2) is 78.9 Å². The van der Waals surface area contributed by atoms with Crippen molar-refractivity contribution in [2.45, 2.75) is 31.3 Å².